The quantitative estimate of drug-likeness (QED) is 0.142. The number of nitrogens with zero attached hydrogens (tertiary/aromatic N) is 2. The number of fused-ring (bicyclic) bond motifs is 10. The fourth-order valence-corrected chi connectivity index (χ4v) is 12.5. The molecule has 0 fully saturated rings. The molecule has 16 aromatic rings. The van der Waals surface area contributed by atoms with E-state index in [1.54, 1.807) is 12.1 Å². The highest BCUT2D eigenvalue weighted by molar-refractivity contribution is 6.30. The topological polar surface area (TPSA) is 32.8 Å². The molecule has 2 heterocycles. The Labute approximate surface area is 445 Å². The van der Waals surface area contributed by atoms with Crippen LogP contribution >= 0.6 is 0 Å². The minimum atomic E-state index is -0.429. The Morgan fingerprint density at radius 1 is 0.256 bits per heavy atom. The number of para-hydroxylation sites is 4. The minimum Gasteiger partial charge on any atom is -0.453 e. The minimum absolute atomic E-state index is 0.392. The summed E-state index contributed by atoms with van der Waals surface area (Å²) >= 11 is 0. The van der Waals surface area contributed by atoms with Crippen LogP contribution in [-0.2, 0) is 0 Å². The Balaban J connectivity index is 0.961. The first-order valence-corrected chi connectivity index (χ1v) is 26.2. The van der Waals surface area contributed by atoms with Crippen LogP contribution in [0.4, 0.5) is 42.9 Å². The summed E-state index contributed by atoms with van der Waals surface area (Å²) in [6.45, 7) is 0. The van der Waals surface area contributed by atoms with Gasteiger partial charge in [-0.15, -0.1) is 0 Å². The van der Waals surface area contributed by atoms with Crippen molar-refractivity contribution < 1.29 is 17.6 Å². The van der Waals surface area contributed by atoms with Crippen LogP contribution in [0.1, 0.15) is 0 Å². The Morgan fingerprint density at radius 3 is 1.04 bits per heavy atom. The van der Waals surface area contributed by atoms with Crippen LogP contribution in [-0.4, -0.2) is 0 Å². The van der Waals surface area contributed by atoms with Crippen LogP contribution < -0.4 is 9.80 Å². The predicted molar refractivity (Wildman–Crippen MR) is 320 cm³/mol. The molecule has 16 rings (SSSR count). The fraction of sp³-hybridized carbons (Fsp3) is 0. The molecule has 0 N–H and O–H groups in total. The van der Waals surface area contributed by atoms with Gasteiger partial charge in [0.15, 0.2) is 11.2 Å². The molecule has 0 amide bonds. The number of hydrogen-bond acceptors (Lipinski definition) is 4. The third-order valence-corrected chi connectivity index (χ3v) is 15.9. The van der Waals surface area contributed by atoms with E-state index in [-0.39, 0.29) is 0 Å². The molecule has 78 heavy (non-hydrogen) atoms. The zero-order valence-electron chi connectivity index (χ0n) is 41.7. The number of anilines is 6. The lowest BCUT2D eigenvalue weighted by Gasteiger charge is -2.29. The van der Waals surface area contributed by atoms with E-state index >= 15 is 8.78 Å². The highest BCUT2D eigenvalue weighted by Gasteiger charge is 2.29. The van der Waals surface area contributed by atoms with Crippen molar-refractivity contribution in [2.24, 2.45) is 0 Å². The lowest BCUT2D eigenvalue weighted by molar-refractivity contribution is 0.639. The molecule has 4 nitrogen and oxygen atoms in total. The van der Waals surface area contributed by atoms with Gasteiger partial charge in [0.05, 0.1) is 22.7 Å². The van der Waals surface area contributed by atoms with Crippen LogP contribution in [0.2, 0.25) is 0 Å². The van der Waals surface area contributed by atoms with Gasteiger partial charge in [-0.25, -0.2) is 8.78 Å². The first-order valence-electron chi connectivity index (χ1n) is 26.2. The van der Waals surface area contributed by atoms with Crippen molar-refractivity contribution in [2.45, 2.75) is 0 Å². The third-order valence-electron chi connectivity index (χ3n) is 15.9. The Hall–Kier alpha value is -10.3. The molecule has 0 atom stereocenters. The monoisotopic (exact) mass is 1000 g/mol. The van der Waals surface area contributed by atoms with Crippen molar-refractivity contribution in [1.29, 1.82) is 0 Å². The number of benzene rings is 14. The lowest BCUT2D eigenvalue weighted by atomic mass is 9.91. The second-order valence-electron chi connectivity index (χ2n) is 20.1. The normalized spacial score (nSPS) is 12.0. The summed E-state index contributed by atoms with van der Waals surface area (Å²) in [4.78, 5) is 4.18. The van der Waals surface area contributed by atoms with Crippen LogP contribution in [0.3, 0.4) is 0 Å². The molecule has 0 radical (unpaired) electrons. The molecule has 14 aromatic carbocycles. The van der Waals surface area contributed by atoms with E-state index in [9.17, 15) is 0 Å². The molecule has 0 aliphatic carbocycles. The van der Waals surface area contributed by atoms with Crippen LogP contribution in [0, 0.1) is 11.6 Å². The maximum absolute atomic E-state index is 17.6. The molecular formula is C72H42F2N2O2. The van der Waals surface area contributed by atoms with Crippen molar-refractivity contribution in [3.8, 4) is 22.3 Å². The van der Waals surface area contributed by atoms with E-state index in [0.29, 0.717) is 44.1 Å². The van der Waals surface area contributed by atoms with E-state index in [4.69, 9.17) is 8.83 Å². The summed E-state index contributed by atoms with van der Waals surface area (Å²) < 4.78 is 49.7. The summed E-state index contributed by atoms with van der Waals surface area (Å²) in [7, 11) is 0. The van der Waals surface area contributed by atoms with E-state index in [0.717, 1.165) is 110 Å². The first-order chi connectivity index (χ1) is 38.6. The highest BCUT2D eigenvalue weighted by Crippen LogP contribution is 2.53. The smallest absolute Gasteiger partial charge is 0.159 e. The lowest BCUT2D eigenvalue weighted by Crippen LogP contribution is -2.12. The molecule has 0 spiro atoms. The zero-order chi connectivity index (χ0) is 51.6. The van der Waals surface area contributed by atoms with Crippen molar-refractivity contribution in [1.82, 2.24) is 0 Å². The standard InChI is InChI=1S/C72H42F2N2O2/c73-59-41-63(75(47-25-9-3-10-26-47)61-33-17-31-55-67-49-29-15-13-23-45(49)39-57(71(67)77-69(55)61)43-19-5-1-6-20-43)53-37-35-52-60(74)42-64(54-38-36-51(59)65(53)66(52)54)76(48-27-11-4-12-28-48)62-34-18-32-56-68-50-30-16-14-24-46(50)40-58(72(68)78-70(56)62)44-21-7-2-8-22-44/h1-42H. The van der Waals surface area contributed by atoms with Crippen molar-refractivity contribution in [3.05, 3.63) is 266 Å². The second kappa shape index (κ2) is 17.1. The first kappa shape index (κ1) is 44.0. The number of hydrogen-bond donors (Lipinski definition) is 0. The Morgan fingerprint density at radius 2 is 0.615 bits per heavy atom. The van der Waals surface area contributed by atoms with Crippen LogP contribution in [0.25, 0.3) is 120 Å². The summed E-state index contributed by atoms with van der Waals surface area (Å²) in [5.41, 5.74) is 11.1. The molecule has 366 valence electrons. The van der Waals surface area contributed by atoms with E-state index in [1.165, 1.54) is 0 Å². The van der Waals surface area contributed by atoms with E-state index < -0.39 is 11.6 Å². The van der Waals surface area contributed by atoms with E-state index in [2.05, 4.69) is 107 Å². The second-order valence-corrected chi connectivity index (χ2v) is 20.1. The van der Waals surface area contributed by atoms with Gasteiger partial charge in [-0.2, -0.15) is 0 Å². The maximum atomic E-state index is 17.6. The molecule has 0 saturated carbocycles. The molecule has 2 aromatic heterocycles. The number of furan rings is 2. The van der Waals surface area contributed by atoms with Gasteiger partial charge < -0.3 is 18.6 Å². The van der Waals surface area contributed by atoms with E-state index in [1.807, 2.05) is 146 Å². The zero-order valence-corrected chi connectivity index (χ0v) is 41.7. The van der Waals surface area contributed by atoms with Gasteiger partial charge in [0.1, 0.15) is 22.8 Å². The number of rotatable bonds is 8. The molecule has 0 saturated heterocycles. The fourth-order valence-electron chi connectivity index (χ4n) is 12.5. The molecule has 0 bridgehead atoms. The third kappa shape index (κ3) is 6.50. The highest BCUT2D eigenvalue weighted by atomic mass is 19.1. The molecule has 0 aliphatic rings. The van der Waals surface area contributed by atoms with Crippen molar-refractivity contribution in [2.75, 3.05) is 9.80 Å². The molecule has 0 unspecified atom stereocenters. The largest absolute Gasteiger partial charge is 0.453 e. The Bertz CT molecular complexity index is 4730. The van der Waals surface area contributed by atoms with Gasteiger partial charge in [-0.3, -0.25) is 0 Å². The molecule has 0 aliphatic heterocycles. The van der Waals surface area contributed by atoms with Crippen LogP contribution in [0.15, 0.2) is 264 Å². The van der Waals surface area contributed by atoms with Crippen molar-refractivity contribution >= 4 is 132 Å². The van der Waals surface area contributed by atoms with Gasteiger partial charge in [0.2, 0.25) is 0 Å². The van der Waals surface area contributed by atoms with Gasteiger partial charge in [-0.1, -0.05) is 194 Å². The van der Waals surface area contributed by atoms with Crippen LogP contribution in [0.5, 0.6) is 0 Å². The average Bonchev–Trinajstić information content (AvgIpc) is 4.10. The summed E-state index contributed by atoms with van der Waals surface area (Å²) in [5.74, 6) is -0.859. The van der Waals surface area contributed by atoms with Crippen molar-refractivity contribution in [3.63, 3.8) is 0 Å². The summed E-state index contributed by atoms with van der Waals surface area (Å²) in [6.07, 6.45) is 0. The Kier molecular flexibility index (Phi) is 9.66. The van der Waals surface area contributed by atoms with Gasteiger partial charge >= 0.3 is 0 Å². The predicted octanol–water partition coefficient (Wildman–Crippen LogP) is 21.2. The number of halogens is 2. The van der Waals surface area contributed by atoms with Gasteiger partial charge in [0.25, 0.3) is 0 Å². The SMILES string of the molecule is Fc1cc(N(c2ccccc2)c2cccc3c2oc2c(-c4ccccc4)cc4ccccc4c23)c2ccc3c(F)cc(N(c4ccccc4)c4cccc5c4oc4c(-c6ccccc6)cc6ccccc6c45)c4ccc1c2c34. The summed E-state index contributed by atoms with van der Waals surface area (Å²) in [6, 6.07) is 85.1. The average molecular weight is 1010 g/mol. The molecular weight excluding hydrogens is 963 g/mol. The maximum Gasteiger partial charge on any atom is 0.159 e. The molecule has 6 heteroatoms. The summed E-state index contributed by atoms with van der Waals surface area (Å²) in [5, 5.41) is 11.8. The van der Waals surface area contributed by atoms with Gasteiger partial charge in [0, 0.05) is 76.4 Å². The van der Waals surface area contributed by atoms with Gasteiger partial charge in [-0.05, 0) is 93.3 Å².